The van der Waals surface area contributed by atoms with Crippen LogP contribution in [0.2, 0.25) is 5.02 Å². The topological polar surface area (TPSA) is 52.0 Å². The van der Waals surface area contributed by atoms with Crippen LogP contribution in [0.5, 0.6) is 0 Å². The summed E-state index contributed by atoms with van der Waals surface area (Å²) in [5.74, 6) is 0.613. The molecule has 0 atom stereocenters. The van der Waals surface area contributed by atoms with E-state index in [1.54, 1.807) is 12.1 Å². The molecule has 1 aliphatic rings. The van der Waals surface area contributed by atoms with Crippen molar-refractivity contribution < 1.29 is 4.79 Å². The molecule has 1 aromatic carbocycles. The number of halogens is 1. The maximum atomic E-state index is 12.9. The van der Waals surface area contributed by atoms with Gasteiger partial charge in [-0.05, 0) is 23.6 Å². The third kappa shape index (κ3) is 3.26. The lowest BCUT2D eigenvalue weighted by molar-refractivity contribution is -0.121. The second-order valence-corrected chi connectivity index (χ2v) is 7.85. The van der Waals surface area contributed by atoms with Gasteiger partial charge in [0.05, 0.1) is 18.3 Å². The number of fused-ring (bicyclic) bond motifs is 1. The van der Waals surface area contributed by atoms with Gasteiger partial charge >= 0.3 is 0 Å². The van der Waals surface area contributed by atoms with Crippen molar-refractivity contribution in [2.45, 2.75) is 32.2 Å². The van der Waals surface area contributed by atoms with E-state index in [2.05, 4.69) is 4.98 Å². The van der Waals surface area contributed by atoms with Gasteiger partial charge in [-0.2, -0.15) is 0 Å². The van der Waals surface area contributed by atoms with Gasteiger partial charge in [0.1, 0.15) is 4.83 Å². The van der Waals surface area contributed by atoms with Gasteiger partial charge in [-0.25, -0.2) is 4.98 Å². The number of hydrogen-bond acceptors (Lipinski definition) is 4. The van der Waals surface area contributed by atoms with E-state index < -0.39 is 0 Å². The molecular formula is C19H17ClN2O2S. The number of hydrogen-bond donors (Lipinski definition) is 0. The Bertz CT molecular complexity index is 987. The van der Waals surface area contributed by atoms with Gasteiger partial charge in [-0.15, -0.1) is 11.3 Å². The third-order valence-corrected chi connectivity index (χ3v) is 5.94. The van der Waals surface area contributed by atoms with Crippen molar-refractivity contribution in [3.8, 4) is 11.1 Å². The molecule has 0 radical (unpaired) electrons. The van der Waals surface area contributed by atoms with Crippen molar-refractivity contribution in [3.63, 3.8) is 0 Å². The first-order valence-corrected chi connectivity index (χ1v) is 9.62. The first-order chi connectivity index (χ1) is 12.1. The molecule has 0 unspecified atom stereocenters. The van der Waals surface area contributed by atoms with Crippen molar-refractivity contribution in [1.29, 1.82) is 0 Å². The summed E-state index contributed by atoms with van der Waals surface area (Å²) in [4.78, 5) is 30.2. The Morgan fingerprint density at radius 3 is 2.72 bits per heavy atom. The van der Waals surface area contributed by atoms with Crippen molar-refractivity contribution in [1.82, 2.24) is 9.55 Å². The zero-order valence-electron chi connectivity index (χ0n) is 13.6. The second kappa shape index (κ2) is 6.73. The summed E-state index contributed by atoms with van der Waals surface area (Å²) >= 11 is 7.39. The number of benzene rings is 1. The largest absolute Gasteiger partial charge is 0.298 e. The second-order valence-electron chi connectivity index (χ2n) is 6.55. The van der Waals surface area contributed by atoms with E-state index in [1.807, 2.05) is 17.5 Å². The summed E-state index contributed by atoms with van der Waals surface area (Å²) < 4.78 is 1.44. The summed E-state index contributed by atoms with van der Waals surface area (Å²) in [5.41, 5.74) is 1.61. The highest BCUT2D eigenvalue weighted by Crippen LogP contribution is 2.32. The van der Waals surface area contributed by atoms with Gasteiger partial charge in [-0.3, -0.25) is 14.2 Å². The smallest absolute Gasteiger partial charge is 0.263 e. The molecule has 1 aliphatic carbocycles. The van der Waals surface area contributed by atoms with Gasteiger partial charge in [0.15, 0.2) is 5.78 Å². The first kappa shape index (κ1) is 16.5. The van der Waals surface area contributed by atoms with Gasteiger partial charge in [0.2, 0.25) is 0 Å². The van der Waals surface area contributed by atoms with Crippen LogP contribution in [0.15, 0.2) is 40.8 Å². The van der Waals surface area contributed by atoms with E-state index in [9.17, 15) is 9.59 Å². The average Bonchev–Trinajstić information content (AvgIpc) is 2.99. The molecule has 128 valence electrons. The Morgan fingerprint density at radius 1 is 1.28 bits per heavy atom. The van der Waals surface area contributed by atoms with E-state index in [-0.39, 0.29) is 17.9 Å². The van der Waals surface area contributed by atoms with E-state index in [0.717, 1.165) is 24.0 Å². The highest BCUT2D eigenvalue weighted by Gasteiger charge is 2.21. The average molecular weight is 373 g/mol. The normalized spacial score (nSPS) is 14.6. The number of aromatic nitrogens is 2. The minimum absolute atomic E-state index is 0.105. The Labute approximate surface area is 154 Å². The lowest BCUT2D eigenvalue weighted by Gasteiger charge is -2.24. The fourth-order valence-electron chi connectivity index (χ4n) is 3.20. The predicted octanol–water partition coefficient (Wildman–Crippen LogP) is 4.54. The monoisotopic (exact) mass is 372 g/mol. The molecule has 25 heavy (non-hydrogen) atoms. The molecule has 1 fully saturated rings. The number of thiophene rings is 1. The highest BCUT2D eigenvalue weighted by molar-refractivity contribution is 7.17. The molecular weight excluding hydrogens is 356 g/mol. The molecule has 0 aliphatic heterocycles. The van der Waals surface area contributed by atoms with Crippen LogP contribution in [0, 0.1) is 5.92 Å². The lowest BCUT2D eigenvalue weighted by atomic mass is 9.82. The third-order valence-electron chi connectivity index (χ3n) is 4.80. The Hall–Kier alpha value is -1.98. The van der Waals surface area contributed by atoms with Crippen LogP contribution < -0.4 is 5.56 Å². The number of nitrogens with zero attached hydrogens (tertiary/aromatic N) is 2. The number of Topliss-reactive ketones (excluding diaryl/α,β-unsaturated/α-hetero) is 1. The number of carbonyl (C=O) groups excluding carboxylic acids is 1. The van der Waals surface area contributed by atoms with Gasteiger partial charge < -0.3 is 0 Å². The van der Waals surface area contributed by atoms with Crippen LogP contribution in [0.3, 0.4) is 0 Å². The molecule has 6 heteroatoms. The van der Waals surface area contributed by atoms with Crippen LogP contribution in [-0.2, 0) is 11.3 Å². The Morgan fingerprint density at radius 2 is 2.04 bits per heavy atom. The predicted molar refractivity (Wildman–Crippen MR) is 101 cm³/mol. The summed E-state index contributed by atoms with van der Waals surface area (Å²) in [5, 5.41) is 3.16. The summed E-state index contributed by atoms with van der Waals surface area (Å²) in [6, 6.07) is 7.39. The quantitative estimate of drug-likeness (QED) is 0.660. The van der Waals surface area contributed by atoms with Gasteiger partial charge in [0, 0.05) is 22.4 Å². The number of rotatable bonds is 5. The van der Waals surface area contributed by atoms with Crippen molar-refractivity contribution >= 4 is 38.9 Å². The fourth-order valence-corrected chi connectivity index (χ4v) is 4.23. The molecule has 0 saturated heterocycles. The zero-order valence-corrected chi connectivity index (χ0v) is 15.1. The lowest BCUT2D eigenvalue weighted by Crippen LogP contribution is -2.26. The maximum absolute atomic E-state index is 12.9. The maximum Gasteiger partial charge on any atom is 0.263 e. The summed E-state index contributed by atoms with van der Waals surface area (Å²) in [6.07, 6.45) is 5.53. The molecule has 2 heterocycles. The minimum atomic E-state index is -0.154. The number of carbonyl (C=O) groups is 1. The molecule has 4 rings (SSSR count). The van der Waals surface area contributed by atoms with E-state index >= 15 is 0 Å². The standard InChI is InChI=1S/C19H17ClN2O2S/c20-14-6-4-13(5-7-14)16-10-25-18-17(16)19(24)22(11-21-18)9-15(23)8-12-2-1-3-12/h4-7,10-12H,1-3,8-9H2. The zero-order chi connectivity index (χ0) is 17.4. The SMILES string of the molecule is O=C(CC1CCC1)Cn1cnc2scc(-c3ccc(Cl)cc3)c2c1=O. The van der Waals surface area contributed by atoms with Crippen molar-refractivity contribution in [2.75, 3.05) is 0 Å². The Balaban J connectivity index is 1.69. The molecule has 1 saturated carbocycles. The minimum Gasteiger partial charge on any atom is -0.298 e. The van der Waals surface area contributed by atoms with Crippen molar-refractivity contribution in [2.24, 2.45) is 5.92 Å². The van der Waals surface area contributed by atoms with Gasteiger partial charge in [0.25, 0.3) is 5.56 Å². The van der Waals surface area contributed by atoms with E-state index in [0.29, 0.717) is 27.6 Å². The first-order valence-electron chi connectivity index (χ1n) is 8.36. The number of ketones is 1. The van der Waals surface area contributed by atoms with Crippen molar-refractivity contribution in [3.05, 3.63) is 51.3 Å². The molecule has 3 aromatic rings. The summed E-state index contributed by atoms with van der Waals surface area (Å²) in [7, 11) is 0. The van der Waals surface area contributed by atoms with Crippen LogP contribution in [0.25, 0.3) is 21.3 Å². The van der Waals surface area contributed by atoms with Crippen LogP contribution in [0.1, 0.15) is 25.7 Å². The molecule has 0 N–H and O–H groups in total. The van der Waals surface area contributed by atoms with Gasteiger partial charge in [-0.1, -0.05) is 43.0 Å². The van der Waals surface area contributed by atoms with E-state index in [1.165, 1.54) is 28.7 Å². The molecule has 0 spiro atoms. The highest BCUT2D eigenvalue weighted by atomic mass is 35.5. The molecule has 4 nitrogen and oxygen atoms in total. The molecule has 0 amide bonds. The molecule has 0 bridgehead atoms. The Kier molecular flexibility index (Phi) is 4.44. The van der Waals surface area contributed by atoms with Crippen LogP contribution in [0.4, 0.5) is 0 Å². The van der Waals surface area contributed by atoms with Crippen LogP contribution >= 0.6 is 22.9 Å². The molecule has 2 aromatic heterocycles. The van der Waals surface area contributed by atoms with E-state index in [4.69, 9.17) is 11.6 Å². The fraction of sp³-hybridized carbons (Fsp3) is 0.316. The van der Waals surface area contributed by atoms with Crippen LogP contribution in [-0.4, -0.2) is 15.3 Å². The summed E-state index contributed by atoms with van der Waals surface area (Å²) in [6.45, 7) is 0.105.